The lowest BCUT2D eigenvalue weighted by molar-refractivity contribution is -0.117. The molecule has 1 rings (SSSR count). The van der Waals surface area contributed by atoms with Gasteiger partial charge in [-0.3, -0.25) is 4.79 Å². The maximum absolute atomic E-state index is 11.5. The van der Waals surface area contributed by atoms with Crippen molar-refractivity contribution in [3.63, 3.8) is 0 Å². The number of rotatable bonds is 2. The van der Waals surface area contributed by atoms with E-state index in [1.54, 1.807) is 6.92 Å². The summed E-state index contributed by atoms with van der Waals surface area (Å²) >= 11 is 0. The molecular weight excluding hydrogens is 224 g/mol. The van der Waals surface area contributed by atoms with Crippen LogP contribution in [0.3, 0.4) is 0 Å². The van der Waals surface area contributed by atoms with Crippen molar-refractivity contribution in [1.29, 1.82) is 0 Å². The van der Waals surface area contributed by atoms with Crippen molar-refractivity contribution in [1.82, 2.24) is 0 Å². The van der Waals surface area contributed by atoms with Gasteiger partial charge in [0.15, 0.2) is 0 Å². The van der Waals surface area contributed by atoms with E-state index in [0.29, 0.717) is 0 Å². The van der Waals surface area contributed by atoms with Gasteiger partial charge in [0, 0.05) is 5.69 Å². The molecule has 1 atom stereocenters. The van der Waals surface area contributed by atoms with Crippen LogP contribution in [-0.2, 0) is 4.79 Å². The summed E-state index contributed by atoms with van der Waals surface area (Å²) in [6.45, 7) is 7.68. The summed E-state index contributed by atoms with van der Waals surface area (Å²) < 4.78 is 0. The molecule has 0 heterocycles. The summed E-state index contributed by atoms with van der Waals surface area (Å²) in [6.07, 6.45) is 0. The summed E-state index contributed by atoms with van der Waals surface area (Å²) in [5.74, 6) is -0.148. The van der Waals surface area contributed by atoms with Crippen LogP contribution in [0.15, 0.2) is 12.1 Å². The number of carbonyl (C=O) groups is 1. The Kier molecular flexibility index (Phi) is 5.48. The van der Waals surface area contributed by atoms with E-state index in [1.807, 2.05) is 32.9 Å². The zero-order chi connectivity index (χ0) is 11.6. The molecule has 0 radical (unpaired) electrons. The van der Waals surface area contributed by atoms with E-state index in [-0.39, 0.29) is 18.3 Å². The van der Waals surface area contributed by atoms with Gasteiger partial charge < -0.3 is 11.1 Å². The minimum atomic E-state index is -0.481. The zero-order valence-electron chi connectivity index (χ0n) is 10.1. The number of aryl methyl sites for hydroxylation is 3. The van der Waals surface area contributed by atoms with E-state index >= 15 is 0 Å². The van der Waals surface area contributed by atoms with Gasteiger partial charge in [0.25, 0.3) is 0 Å². The van der Waals surface area contributed by atoms with Crippen molar-refractivity contribution >= 4 is 24.0 Å². The molecule has 0 fully saturated rings. The Morgan fingerprint density at radius 3 is 2.06 bits per heavy atom. The highest BCUT2D eigenvalue weighted by atomic mass is 35.5. The summed E-state index contributed by atoms with van der Waals surface area (Å²) in [7, 11) is 0. The quantitative estimate of drug-likeness (QED) is 0.836. The molecule has 1 amide bonds. The smallest absolute Gasteiger partial charge is 0.241 e. The fourth-order valence-corrected chi connectivity index (χ4v) is 1.61. The number of amides is 1. The van der Waals surface area contributed by atoms with E-state index < -0.39 is 6.04 Å². The molecule has 0 saturated carbocycles. The highest BCUT2D eigenvalue weighted by molar-refractivity contribution is 5.95. The molecule has 0 aliphatic carbocycles. The van der Waals surface area contributed by atoms with Crippen molar-refractivity contribution in [2.45, 2.75) is 33.7 Å². The maximum atomic E-state index is 11.5. The standard InChI is InChI=1S/C12H18N2O.ClH/c1-7-5-8(2)11(9(3)6-7)14-12(15)10(4)13;/h5-6,10H,13H2,1-4H3,(H,14,15);1H/t10-;/m0./s1. The zero-order valence-corrected chi connectivity index (χ0v) is 10.9. The third kappa shape index (κ3) is 3.51. The van der Waals surface area contributed by atoms with Crippen LogP contribution in [0.25, 0.3) is 0 Å². The number of benzene rings is 1. The Morgan fingerprint density at radius 1 is 1.25 bits per heavy atom. The minimum Gasteiger partial charge on any atom is -0.324 e. The largest absolute Gasteiger partial charge is 0.324 e. The molecule has 16 heavy (non-hydrogen) atoms. The summed E-state index contributed by atoms with van der Waals surface area (Å²) in [5.41, 5.74) is 9.72. The Morgan fingerprint density at radius 2 is 1.69 bits per heavy atom. The lowest BCUT2D eigenvalue weighted by Crippen LogP contribution is -2.32. The van der Waals surface area contributed by atoms with Gasteiger partial charge in [0.1, 0.15) is 0 Å². The van der Waals surface area contributed by atoms with Crippen LogP contribution in [-0.4, -0.2) is 11.9 Å². The molecule has 1 aromatic carbocycles. The highest BCUT2D eigenvalue weighted by Gasteiger charge is 2.10. The van der Waals surface area contributed by atoms with E-state index in [1.165, 1.54) is 5.56 Å². The van der Waals surface area contributed by atoms with Crippen LogP contribution in [0.2, 0.25) is 0 Å². The minimum absolute atomic E-state index is 0. The second-order valence-corrected chi connectivity index (χ2v) is 4.05. The normalized spacial score (nSPS) is 11.6. The van der Waals surface area contributed by atoms with Crippen molar-refractivity contribution in [2.75, 3.05) is 5.32 Å². The van der Waals surface area contributed by atoms with Crippen molar-refractivity contribution in [3.05, 3.63) is 28.8 Å². The second-order valence-electron chi connectivity index (χ2n) is 4.05. The van der Waals surface area contributed by atoms with E-state index in [0.717, 1.165) is 16.8 Å². The third-order valence-corrected chi connectivity index (χ3v) is 2.34. The Balaban J connectivity index is 0.00000225. The lowest BCUT2D eigenvalue weighted by atomic mass is 10.0. The molecular formula is C12H19ClN2O. The Hall–Kier alpha value is -1.06. The molecule has 0 aliphatic rings. The first kappa shape index (κ1) is 14.9. The fourth-order valence-electron chi connectivity index (χ4n) is 1.61. The molecule has 0 aliphatic heterocycles. The lowest BCUT2D eigenvalue weighted by Gasteiger charge is -2.14. The number of hydrogen-bond acceptors (Lipinski definition) is 2. The van der Waals surface area contributed by atoms with Gasteiger partial charge in [-0.05, 0) is 38.8 Å². The summed E-state index contributed by atoms with van der Waals surface area (Å²) in [5, 5.41) is 2.84. The Labute approximate surface area is 103 Å². The number of hydrogen-bond donors (Lipinski definition) is 2. The van der Waals surface area contributed by atoms with Crippen molar-refractivity contribution in [3.8, 4) is 0 Å². The van der Waals surface area contributed by atoms with Crippen LogP contribution >= 0.6 is 12.4 Å². The molecule has 3 N–H and O–H groups in total. The first-order valence-electron chi connectivity index (χ1n) is 5.06. The predicted octanol–water partition coefficient (Wildman–Crippen LogP) is 2.32. The number of nitrogens with two attached hydrogens (primary N) is 1. The van der Waals surface area contributed by atoms with Gasteiger partial charge >= 0.3 is 0 Å². The molecule has 1 aromatic rings. The molecule has 0 saturated heterocycles. The first-order valence-corrected chi connectivity index (χ1v) is 5.06. The van der Waals surface area contributed by atoms with Gasteiger partial charge in [0.2, 0.25) is 5.91 Å². The van der Waals surface area contributed by atoms with E-state index in [9.17, 15) is 4.79 Å². The first-order chi connectivity index (χ1) is 6.91. The molecule has 0 aromatic heterocycles. The van der Waals surface area contributed by atoms with Crippen LogP contribution in [0.4, 0.5) is 5.69 Å². The SMILES string of the molecule is Cc1cc(C)c(NC(=O)[C@H](C)N)c(C)c1.Cl. The van der Waals surface area contributed by atoms with Gasteiger partial charge in [-0.25, -0.2) is 0 Å². The average molecular weight is 243 g/mol. The monoisotopic (exact) mass is 242 g/mol. The maximum Gasteiger partial charge on any atom is 0.241 e. The van der Waals surface area contributed by atoms with Gasteiger partial charge in [0.05, 0.1) is 6.04 Å². The third-order valence-electron chi connectivity index (χ3n) is 2.34. The van der Waals surface area contributed by atoms with Crippen molar-refractivity contribution < 1.29 is 4.79 Å². The number of carbonyl (C=O) groups excluding carboxylic acids is 1. The Bertz CT molecular complexity index is 366. The van der Waals surface area contributed by atoms with Crippen LogP contribution in [0.1, 0.15) is 23.6 Å². The van der Waals surface area contributed by atoms with Crippen LogP contribution < -0.4 is 11.1 Å². The number of nitrogens with one attached hydrogen (secondary N) is 1. The van der Waals surface area contributed by atoms with Gasteiger partial charge in [-0.1, -0.05) is 17.7 Å². The number of halogens is 1. The van der Waals surface area contributed by atoms with Gasteiger partial charge in [-0.2, -0.15) is 0 Å². The topological polar surface area (TPSA) is 55.1 Å². The summed E-state index contributed by atoms with van der Waals surface area (Å²) in [4.78, 5) is 11.5. The van der Waals surface area contributed by atoms with Gasteiger partial charge in [-0.15, -0.1) is 12.4 Å². The molecule has 4 heteroatoms. The van der Waals surface area contributed by atoms with Crippen molar-refractivity contribution in [2.24, 2.45) is 5.73 Å². The second kappa shape index (κ2) is 5.87. The average Bonchev–Trinajstić information content (AvgIpc) is 2.10. The van der Waals surface area contributed by atoms with Crippen LogP contribution in [0.5, 0.6) is 0 Å². The predicted molar refractivity (Wildman–Crippen MR) is 70.2 cm³/mol. The molecule has 0 unspecified atom stereocenters. The molecule has 90 valence electrons. The van der Waals surface area contributed by atoms with E-state index in [2.05, 4.69) is 5.32 Å². The van der Waals surface area contributed by atoms with E-state index in [4.69, 9.17) is 5.73 Å². The van der Waals surface area contributed by atoms with Crippen LogP contribution in [0, 0.1) is 20.8 Å². The fraction of sp³-hybridized carbons (Fsp3) is 0.417. The molecule has 0 bridgehead atoms. The molecule has 3 nitrogen and oxygen atoms in total. The number of anilines is 1. The summed E-state index contributed by atoms with van der Waals surface area (Å²) in [6, 6.07) is 3.61. The highest BCUT2D eigenvalue weighted by Crippen LogP contribution is 2.21. The molecule has 0 spiro atoms.